The third kappa shape index (κ3) is 2.75. The third-order valence-corrected chi connectivity index (χ3v) is 4.77. The second-order valence-corrected chi connectivity index (χ2v) is 5.96. The monoisotopic (exact) mass is 266 g/mol. The van der Waals surface area contributed by atoms with Crippen molar-refractivity contribution in [2.45, 2.75) is 39.7 Å². The quantitative estimate of drug-likeness (QED) is 0.859. The maximum Gasteiger partial charge on any atom is 0.227 e. The van der Waals surface area contributed by atoms with Gasteiger partial charge in [0.15, 0.2) is 0 Å². The van der Waals surface area contributed by atoms with Gasteiger partial charge in [0, 0.05) is 13.1 Å². The summed E-state index contributed by atoms with van der Waals surface area (Å²) in [6.07, 6.45) is 3.01. The first-order valence-corrected chi connectivity index (χ1v) is 7.63. The van der Waals surface area contributed by atoms with Gasteiger partial charge < -0.3 is 10.6 Å². The van der Waals surface area contributed by atoms with E-state index in [2.05, 4.69) is 35.2 Å². The van der Waals surface area contributed by atoms with Crippen LogP contribution in [0.3, 0.4) is 0 Å². The maximum atomic E-state index is 12.4. The highest BCUT2D eigenvalue weighted by Gasteiger charge is 2.39. The minimum Gasteiger partial charge on any atom is -0.351 e. The predicted molar refractivity (Wildman–Crippen MR) is 75.7 cm³/mol. The highest BCUT2D eigenvalue weighted by Crippen LogP contribution is 2.31. The summed E-state index contributed by atoms with van der Waals surface area (Å²) in [6.45, 7) is 6.70. The molecule has 1 aromatic heterocycles. The summed E-state index contributed by atoms with van der Waals surface area (Å²) in [6, 6.07) is 0. The number of carbonyl (C=O) groups excluding carboxylic acids is 1. The zero-order valence-corrected chi connectivity index (χ0v) is 12.0. The van der Waals surface area contributed by atoms with Crippen LogP contribution in [0, 0.1) is 12.3 Å². The summed E-state index contributed by atoms with van der Waals surface area (Å²) < 4.78 is 0. The van der Waals surface area contributed by atoms with Gasteiger partial charge in [0.05, 0.1) is 5.41 Å². The van der Waals surface area contributed by atoms with Crippen LogP contribution in [-0.2, 0) is 11.3 Å². The molecule has 0 bridgehead atoms. The van der Waals surface area contributed by atoms with E-state index in [1.165, 1.54) is 11.1 Å². The molecule has 18 heavy (non-hydrogen) atoms. The number of amides is 1. The van der Waals surface area contributed by atoms with Crippen molar-refractivity contribution in [2.75, 3.05) is 13.1 Å². The lowest BCUT2D eigenvalue weighted by molar-refractivity contribution is -0.130. The molecule has 1 fully saturated rings. The van der Waals surface area contributed by atoms with Gasteiger partial charge in [0.25, 0.3) is 0 Å². The van der Waals surface area contributed by atoms with E-state index in [0.29, 0.717) is 6.54 Å². The van der Waals surface area contributed by atoms with E-state index in [0.717, 1.165) is 32.4 Å². The van der Waals surface area contributed by atoms with Crippen LogP contribution in [0.4, 0.5) is 0 Å². The summed E-state index contributed by atoms with van der Waals surface area (Å²) in [5, 5.41) is 10.7. The van der Waals surface area contributed by atoms with Gasteiger partial charge in [-0.2, -0.15) is 11.3 Å². The molecule has 0 spiro atoms. The number of carbonyl (C=O) groups is 1. The second-order valence-electron chi connectivity index (χ2n) is 5.22. The van der Waals surface area contributed by atoms with E-state index >= 15 is 0 Å². The molecule has 0 aliphatic carbocycles. The molecule has 1 amide bonds. The van der Waals surface area contributed by atoms with Crippen molar-refractivity contribution in [3.05, 3.63) is 21.9 Å². The topological polar surface area (TPSA) is 41.1 Å². The molecule has 0 radical (unpaired) electrons. The molecular weight excluding hydrogens is 244 g/mol. The molecule has 1 aliphatic heterocycles. The molecule has 1 atom stereocenters. The molecule has 0 saturated carbocycles. The predicted octanol–water partition coefficient (Wildman–Crippen LogP) is 2.45. The molecule has 2 heterocycles. The molecular formula is C14H22N2OS. The Labute approximate surface area is 113 Å². The SMILES string of the molecule is CCCC1(C(=O)NCc2cscc2C)CCNC1. The van der Waals surface area contributed by atoms with Gasteiger partial charge in [0.2, 0.25) is 5.91 Å². The van der Waals surface area contributed by atoms with Crippen LogP contribution in [0.1, 0.15) is 37.3 Å². The number of hydrogen-bond donors (Lipinski definition) is 2. The Morgan fingerprint density at radius 3 is 2.94 bits per heavy atom. The van der Waals surface area contributed by atoms with Crippen molar-refractivity contribution in [2.24, 2.45) is 5.41 Å². The lowest BCUT2D eigenvalue weighted by Gasteiger charge is -2.26. The normalized spacial score (nSPS) is 23.2. The van der Waals surface area contributed by atoms with Gasteiger partial charge >= 0.3 is 0 Å². The molecule has 1 unspecified atom stereocenters. The largest absolute Gasteiger partial charge is 0.351 e. The van der Waals surface area contributed by atoms with Crippen LogP contribution in [0.2, 0.25) is 0 Å². The van der Waals surface area contributed by atoms with E-state index in [4.69, 9.17) is 0 Å². The standard InChI is InChI=1S/C14H22N2OS/c1-3-4-14(5-6-15-10-14)13(17)16-7-12-9-18-8-11(12)2/h8-9,15H,3-7,10H2,1-2H3,(H,16,17). The van der Waals surface area contributed by atoms with Crippen molar-refractivity contribution in [3.63, 3.8) is 0 Å². The van der Waals surface area contributed by atoms with Crippen molar-refractivity contribution in [1.82, 2.24) is 10.6 Å². The molecule has 1 aliphatic rings. The minimum atomic E-state index is -0.168. The fraction of sp³-hybridized carbons (Fsp3) is 0.643. The highest BCUT2D eigenvalue weighted by atomic mass is 32.1. The first-order chi connectivity index (χ1) is 8.68. The summed E-state index contributed by atoms with van der Waals surface area (Å²) >= 11 is 1.70. The Morgan fingerprint density at radius 1 is 1.56 bits per heavy atom. The summed E-state index contributed by atoms with van der Waals surface area (Å²) in [7, 11) is 0. The minimum absolute atomic E-state index is 0.168. The average molecular weight is 266 g/mol. The van der Waals surface area contributed by atoms with E-state index < -0.39 is 0 Å². The smallest absolute Gasteiger partial charge is 0.227 e. The number of aryl methyl sites for hydroxylation is 1. The second kappa shape index (κ2) is 5.85. The van der Waals surface area contributed by atoms with E-state index in [1.54, 1.807) is 11.3 Å². The Kier molecular flexibility index (Phi) is 4.40. The van der Waals surface area contributed by atoms with Crippen LogP contribution < -0.4 is 10.6 Å². The maximum absolute atomic E-state index is 12.4. The fourth-order valence-electron chi connectivity index (χ4n) is 2.67. The third-order valence-electron chi connectivity index (χ3n) is 3.85. The first kappa shape index (κ1) is 13.6. The van der Waals surface area contributed by atoms with Crippen LogP contribution in [-0.4, -0.2) is 19.0 Å². The van der Waals surface area contributed by atoms with Crippen LogP contribution in [0.25, 0.3) is 0 Å². The van der Waals surface area contributed by atoms with Crippen molar-refractivity contribution in [1.29, 1.82) is 0 Å². The molecule has 1 saturated heterocycles. The zero-order valence-electron chi connectivity index (χ0n) is 11.2. The number of nitrogens with one attached hydrogen (secondary N) is 2. The van der Waals surface area contributed by atoms with Crippen LogP contribution >= 0.6 is 11.3 Å². The first-order valence-electron chi connectivity index (χ1n) is 6.68. The molecule has 2 rings (SSSR count). The van der Waals surface area contributed by atoms with Gasteiger partial charge in [-0.05, 0) is 48.2 Å². The Balaban J connectivity index is 1.96. The van der Waals surface area contributed by atoms with Crippen molar-refractivity contribution in [3.8, 4) is 0 Å². The van der Waals surface area contributed by atoms with Gasteiger partial charge in [-0.15, -0.1) is 0 Å². The summed E-state index contributed by atoms with van der Waals surface area (Å²) in [5.41, 5.74) is 2.35. The lowest BCUT2D eigenvalue weighted by atomic mass is 9.81. The molecule has 3 nitrogen and oxygen atoms in total. The van der Waals surface area contributed by atoms with Gasteiger partial charge in [0.1, 0.15) is 0 Å². The zero-order chi connectivity index (χ0) is 13.0. The van der Waals surface area contributed by atoms with Gasteiger partial charge in [-0.3, -0.25) is 4.79 Å². The van der Waals surface area contributed by atoms with Crippen molar-refractivity contribution >= 4 is 17.2 Å². The van der Waals surface area contributed by atoms with E-state index in [9.17, 15) is 4.79 Å². The van der Waals surface area contributed by atoms with Crippen LogP contribution in [0.5, 0.6) is 0 Å². The van der Waals surface area contributed by atoms with E-state index in [-0.39, 0.29) is 11.3 Å². The number of thiophene rings is 1. The Hall–Kier alpha value is -0.870. The average Bonchev–Trinajstić information content (AvgIpc) is 2.97. The summed E-state index contributed by atoms with van der Waals surface area (Å²) in [5.74, 6) is 0.222. The molecule has 4 heteroatoms. The molecule has 2 N–H and O–H groups in total. The molecule has 1 aromatic rings. The summed E-state index contributed by atoms with van der Waals surface area (Å²) in [4.78, 5) is 12.4. The Morgan fingerprint density at radius 2 is 2.39 bits per heavy atom. The Bertz CT molecular complexity index is 408. The number of rotatable bonds is 5. The fourth-order valence-corrected chi connectivity index (χ4v) is 3.53. The highest BCUT2D eigenvalue weighted by molar-refractivity contribution is 7.08. The lowest BCUT2D eigenvalue weighted by Crippen LogP contribution is -2.42. The van der Waals surface area contributed by atoms with Crippen molar-refractivity contribution < 1.29 is 4.79 Å². The van der Waals surface area contributed by atoms with Gasteiger partial charge in [-0.25, -0.2) is 0 Å². The molecule has 100 valence electrons. The van der Waals surface area contributed by atoms with E-state index in [1.807, 2.05) is 0 Å². The number of hydrogen-bond acceptors (Lipinski definition) is 3. The van der Waals surface area contributed by atoms with Crippen LogP contribution in [0.15, 0.2) is 10.8 Å². The molecule has 0 aromatic carbocycles. The van der Waals surface area contributed by atoms with Gasteiger partial charge in [-0.1, -0.05) is 13.3 Å².